The number of benzene rings is 2. The highest BCUT2D eigenvalue weighted by Gasteiger charge is 2.32. The molecule has 192 valence electrons. The van der Waals surface area contributed by atoms with Gasteiger partial charge in [-0.15, -0.1) is 0 Å². The zero-order valence-electron chi connectivity index (χ0n) is 20.7. The Morgan fingerprint density at radius 2 is 1.74 bits per heavy atom. The first-order chi connectivity index (χ1) is 16.6. The van der Waals surface area contributed by atoms with Gasteiger partial charge in [-0.3, -0.25) is 13.9 Å². The molecule has 2 aromatic carbocycles. The second kappa shape index (κ2) is 13.3. The molecule has 0 fully saturated rings. The Kier molecular flexibility index (Phi) is 10.9. The highest BCUT2D eigenvalue weighted by Crippen LogP contribution is 2.29. The molecule has 0 unspecified atom stereocenters. The van der Waals surface area contributed by atoms with E-state index in [1.54, 1.807) is 48.5 Å². The molecule has 2 amide bonds. The Bertz CT molecular complexity index is 1090. The summed E-state index contributed by atoms with van der Waals surface area (Å²) in [5, 5.41) is 3.44. The molecule has 0 aliphatic heterocycles. The molecule has 0 saturated carbocycles. The van der Waals surface area contributed by atoms with E-state index in [-0.39, 0.29) is 18.1 Å². The van der Waals surface area contributed by atoms with Crippen molar-refractivity contribution in [1.82, 2.24) is 10.2 Å². The Hall–Kier alpha value is -2.78. The molecule has 0 heterocycles. The van der Waals surface area contributed by atoms with E-state index >= 15 is 0 Å². The molecular formula is C25H34ClN3O5S. The molecule has 0 saturated heterocycles. The van der Waals surface area contributed by atoms with Gasteiger partial charge in [-0.2, -0.15) is 0 Å². The number of hydrogen-bond acceptors (Lipinski definition) is 5. The largest absolute Gasteiger partial charge is 0.495 e. The van der Waals surface area contributed by atoms with Gasteiger partial charge >= 0.3 is 0 Å². The van der Waals surface area contributed by atoms with Crippen LogP contribution >= 0.6 is 11.6 Å². The smallest absolute Gasteiger partial charge is 0.244 e. The molecule has 0 aromatic heterocycles. The average Bonchev–Trinajstić information content (AvgIpc) is 2.83. The molecule has 8 nitrogen and oxygen atoms in total. The number of methoxy groups -OCH3 is 1. The molecule has 1 N–H and O–H groups in total. The van der Waals surface area contributed by atoms with E-state index < -0.39 is 28.5 Å². The lowest BCUT2D eigenvalue weighted by molar-refractivity contribution is -0.140. The zero-order valence-corrected chi connectivity index (χ0v) is 22.2. The van der Waals surface area contributed by atoms with Crippen LogP contribution in [-0.2, 0) is 26.2 Å². The summed E-state index contributed by atoms with van der Waals surface area (Å²) in [6.45, 7) is 3.99. The third-order valence-electron chi connectivity index (χ3n) is 5.51. The Labute approximate surface area is 213 Å². The topological polar surface area (TPSA) is 96.0 Å². The van der Waals surface area contributed by atoms with Crippen molar-refractivity contribution in [3.05, 3.63) is 59.1 Å². The summed E-state index contributed by atoms with van der Waals surface area (Å²) in [6.07, 6.45) is 3.14. The second-order valence-electron chi connectivity index (χ2n) is 8.16. The number of unbranched alkanes of at least 4 members (excludes halogenated alkanes) is 1. The van der Waals surface area contributed by atoms with E-state index in [9.17, 15) is 18.0 Å². The summed E-state index contributed by atoms with van der Waals surface area (Å²) >= 11 is 6.01. The lowest BCUT2D eigenvalue weighted by Crippen LogP contribution is -2.52. The minimum Gasteiger partial charge on any atom is -0.495 e. The van der Waals surface area contributed by atoms with Crippen molar-refractivity contribution in [1.29, 1.82) is 0 Å². The maximum absolute atomic E-state index is 13.7. The number of ether oxygens (including phenoxy) is 1. The van der Waals surface area contributed by atoms with Gasteiger partial charge in [0.2, 0.25) is 21.8 Å². The SMILES string of the molecule is CCCCNC(=O)[C@H](CC)N(Cc1ccc(Cl)cc1)C(=O)CN(c1ccccc1OC)S(C)(=O)=O. The Morgan fingerprint density at radius 1 is 1.09 bits per heavy atom. The van der Waals surface area contributed by atoms with Crippen LogP contribution in [0.4, 0.5) is 5.69 Å². The van der Waals surface area contributed by atoms with Crippen molar-refractivity contribution < 1.29 is 22.7 Å². The quantitative estimate of drug-likeness (QED) is 0.402. The first kappa shape index (κ1) is 28.5. The van der Waals surface area contributed by atoms with Crippen molar-refractivity contribution in [2.24, 2.45) is 0 Å². The highest BCUT2D eigenvalue weighted by molar-refractivity contribution is 7.92. The monoisotopic (exact) mass is 523 g/mol. The number of carbonyl (C=O) groups excluding carboxylic acids is 2. The van der Waals surface area contributed by atoms with Crippen molar-refractivity contribution in [2.75, 3.05) is 30.8 Å². The first-order valence-corrected chi connectivity index (χ1v) is 13.8. The Balaban J connectivity index is 2.43. The van der Waals surface area contributed by atoms with Crippen LogP contribution in [0.3, 0.4) is 0 Å². The van der Waals surface area contributed by atoms with Gasteiger partial charge in [0.15, 0.2) is 0 Å². The predicted molar refractivity (Wildman–Crippen MR) is 139 cm³/mol. The summed E-state index contributed by atoms with van der Waals surface area (Å²) in [7, 11) is -2.41. The van der Waals surface area contributed by atoms with E-state index in [4.69, 9.17) is 16.3 Å². The fourth-order valence-electron chi connectivity index (χ4n) is 3.64. The normalized spacial score (nSPS) is 12.0. The minimum atomic E-state index is -3.84. The van der Waals surface area contributed by atoms with Gasteiger partial charge in [-0.1, -0.05) is 56.1 Å². The summed E-state index contributed by atoms with van der Waals surface area (Å²) in [5.41, 5.74) is 1.02. The summed E-state index contributed by atoms with van der Waals surface area (Å²) in [5.74, 6) is -0.459. The van der Waals surface area contributed by atoms with Gasteiger partial charge in [-0.25, -0.2) is 8.42 Å². The third kappa shape index (κ3) is 8.14. The van der Waals surface area contributed by atoms with Gasteiger partial charge in [0.1, 0.15) is 18.3 Å². The number of anilines is 1. The van der Waals surface area contributed by atoms with E-state index in [0.29, 0.717) is 23.7 Å². The van der Waals surface area contributed by atoms with Crippen LogP contribution in [-0.4, -0.2) is 57.6 Å². The van der Waals surface area contributed by atoms with E-state index in [1.807, 2.05) is 13.8 Å². The van der Waals surface area contributed by atoms with E-state index in [2.05, 4.69) is 5.32 Å². The van der Waals surface area contributed by atoms with Crippen molar-refractivity contribution in [3.8, 4) is 5.75 Å². The minimum absolute atomic E-state index is 0.124. The average molecular weight is 524 g/mol. The molecule has 0 radical (unpaired) electrons. The van der Waals surface area contributed by atoms with Crippen LogP contribution in [0.5, 0.6) is 5.75 Å². The van der Waals surface area contributed by atoms with Crippen molar-refractivity contribution >= 4 is 39.1 Å². The molecule has 2 rings (SSSR count). The summed E-state index contributed by atoms with van der Waals surface area (Å²) < 4.78 is 31.7. The van der Waals surface area contributed by atoms with Gasteiger partial charge in [0, 0.05) is 18.1 Å². The molecule has 1 atom stereocenters. The van der Waals surface area contributed by atoms with Crippen molar-refractivity contribution in [3.63, 3.8) is 0 Å². The number of halogens is 1. The van der Waals surface area contributed by atoms with Crippen LogP contribution in [0, 0.1) is 0 Å². The molecule has 35 heavy (non-hydrogen) atoms. The predicted octanol–water partition coefficient (Wildman–Crippen LogP) is 3.84. The number of hydrogen-bond donors (Lipinski definition) is 1. The molecule has 10 heteroatoms. The lowest BCUT2D eigenvalue weighted by atomic mass is 10.1. The maximum atomic E-state index is 13.7. The number of para-hydroxylation sites is 2. The van der Waals surface area contributed by atoms with E-state index in [0.717, 1.165) is 29.0 Å². The molecule has 2 aromatic rings. The number of rotatable bonds is 13. The van der Waals surface area contributed by atoms with Crippen LogP contribution in [0.1, 0.15) is 38.7 Å². The summed E-state index contributed by atoms with van der Waals surface area (Å²) in [4.78, 5) is 28.1. The van der Waals surface area contributed by atoms with Crippen molar-refractivity contribution in [2.45, 2.75) is 45.7 Å². The fraction of sp³-hybridized carbons (Fsp3) is 0.440. The standard InChI is InChI=1S/C25H34ClN3O5S/c1-5-7-16-27-25(31)21(6-2)28(17-19-12-14-20(26)15-13-19)24(30)18-29(35(4,32)33)22-10-8-9-11-23(22)34-3/h8-15,21H,5-7,16-18H2,1-4H3,(H,27,31)/t21-/m0/s1. The van der Waals surface area contributed by atoms with Crippen LogP contribution in [0.15, 0.2) is 48.5 Å². The second-order valence-corrected chi connectivity index (χ2v) is 10.5. The number of carbonyl (C=O) groups is 2. The molecule has 0 spiro atoms. The third-order valence-corrected chi connectivity index (χ3v) is 6.89. The number of nitrogens with one attached hydrogen (secondary N) is 1. The zero-order chi connectivity index (χ0) is 26.0. The van der Waals surface area contributed by atoms with Gasteiger partial charge in [0.05, 0.1) is 19.1 Å². The van der Waals surface area contributed by atoms with Crippen LogP contribution in [0.25, 0.3) is 0 Å². The molecular weight excluding hydrogens is 490 g/mol. The number of sulfonamides is 1. The molecule has 0 aliphatic carbocycles. The maximum Gasteiger partial charge on any atom is 0.244 e. The molecule has 0 aliphatic rings. The number of amides is 2. The van der Waals surface area contributed by atoms with Crippen LogP contribution < -0.4 is 14.4 Å². The van der Waals surface area contributed by atoms with Gasteiger partial charge < -0.3 is 15.0 Å². The molecule has 0 bridgehead atoms. The summed E-state index contributed by atoms with van der Waals surface area (Å²) in [6, 6.07) is 12.8. The van der Waals surface area contributed by atoms with Gasteiger partial charge in [-0.05, 0) is 42.7 Å². The van der Waals surface area contributed by atoms with Crippen LogP contribution in [0.2, 0.25) is 5.02 Å². The lowest BCUT2D eigenvalue weighted by Gasteiger charge is -2.33. The van der Waals surface area contributed by atoms with Gasteiger partial charge in [0.25, 0.3) is 0 Å². The van der Waals surface area contributed by atoms with E-state index in [1.165, 1.54) is 12.0 Å². The number of nitrogens with zero attached hydrogens (tertiary/aromatic N) is 2. The fourth-order valence-corrected chi connectivity index (χ4v) is 4.62. The highest BCUT2D eigenvalue weighted by atomic mass is 35.5. The first-order valence-electron chi connectivity index (χ1n) is 11.5. The Morgan fingerprint density at radius 3 is 2.31 bits per heavy atom.